The maximum Gasteiger partial charge on any atom is 0.215 e. The van der Waals surface area contributed by atoms with Crippen LogP contribution in [0.15, 0.2) is 36.5 Å². The van der Waals surface area contributed by atoms with E-state index < -0.39 is 11.6 Å². The first-order chi connectivity index (χ1) is 7.59. The van der Waals surface area contributed by atoms with Crippen LogP contribution in [0.3, 0.4) is 0 Å². The van der Waals surface area contributed by atoms with Crippen LogP contribution in [0, 0.1) is 18.6 Å². The Labute approximate surface area is 100 Å². The minimum absolute atomic E-state index is 0. The van der Waals surface area contributed by atoms with Gasteiger partial charge in [0.1, 0.15) is 18.7 Å². The fourth-order valence-corrected chi connectivity index (χ4v) is 1.81. The lowest BCUT2D eigenvalue weighted by Crippen LogP contribution is -2.30. The average molecular weight is 236 g/mol. The van der Waals surface area contributed by atoms with Gasteiger partial charge in [0.2, 0.25) is 5.69 Å². The third-order valence-electron chi connectivity index (χ3n) is 2.56. The van der Waals surface area contributed by atoms with Crippen molar-refractivity contribution in [3.05, 3.63) is 53.7 Å². The van der Waals surface area contributed by atoms with E-state index in [-0.39, 0.29) is 7.43 Å². The zero-order chi connectivity index (χ0) is 11.7. The minimum Gasteiger partial charge on any atom is -0.207 e. The minimum atomic E-state index is -0.544. The van der Waals surface area contributed by atoms with E-state index >= 15 is 0 Å². The van der Waals surface area contributed by atoms with E-state index in [1.807, 2.05) is 36.0 Å². The summed E-state index contributed by atoms with van der Waals surface area (Å²) in [6.07, 6.45) is 1.83. The molecule has 0 radical (unpaired) electrons. The summed E-state index contributed by atoms with van der Waals surface area (Å²) in [4.78, 5) is 0. The Bertz CT molecular complexity index is 512. The summed E-state index contributed by atoms with van der Waals surface area (Å²) in [5.74, 6) is -1.07. The van der Waals surface area contributed by atoms with E-state index in [9.17, 15) is 8.78 Å². The number of hydrogen-bond acceptors (Lipinski definition) is 0. The van der Waals surface area contributed by atoms with Crippen LogP contribution in [0.2, 0.25) is 0 Å². The lowest BCUT2D eigenvalue weighted by Gasteiger charge is -2.05. The molecule has 3 heteroatoms. The van der Waals surface area contributed by atoms with E-state index in [0.29, 0.717) is 11.1 Å². The number of halogens is 2. The van der Waals surface area contributed by atoms with E-state index in [1.165, 1.54) is 6.07 Å². The van der Waals surface area contributed by atoms with Crippen molar-refractivity contribution in [2.24, 2.45) is 7.05 Å². The molecule has 0 aliphatic rings. The lowest BCUT2D eigenvalue weighted by molar-refractivity contribution is -0.660. The van der Waals surface area contributed by atoms with Crippen molar-refractivity contribution in [1.29, 1.82) is 0 Å². The summed E-state index contributed by atoms with van der Waals surface area (Å²) in [7, 11) is 1.83. The largest absolute Gasteiger partial charge is 0.215 e. The molecular weight excluding hydrogens is 220 g/mol. The van der Waals surface area contributed by atoms with E-state index in [0.717, 1.165) is 11.8 Å². The van der Waals surface area contributed by atoms with Gasteiger partial charge in [-0.3, -0.25) is 0 Å². The Morgan fingerprint density at radius 1 is 1.12 bits per heavy atom. The topological polar surface area (TPSA) is 3.88 Å². The van der Waals surface area contributed by atoms with E-state index in [2.05, 4.69) is 0 Å². The first-order valence-electron chi connectivity index (χ1n) is 5.00. The molecule has 1 aromatic carbocycles. The summed E-state index contributed by atoms with van der Waals surface area (Å²) in [6.45, 7) is 1.70. The number of aromatic nitrogens is 1. The second kappa shape index (κ2) is 5.04. The normalized spacial score (nSPS) is 9.88. The Kier molecular flexibility index (Phi) is 3.94. The number of benzene rings is 1. The van der Waals surface area contributed by atoms with Gasteiger partial charge < -0.3 is 0 Å². The highest BCUT2D eigenvalue weighted by Gasteiger charge is 2.17. The maximum absolute atomic E-state index is 13.7. The van der Waals surface area contributed by atoms with Gasteiger partial charge >= 0.3 is 0 Å². The van der Waals surface area contributed by atoms with Crippen LogP contribution in [-0.4, -0.2) is 0 Å². The third kappa shape index (κ3) is 2.49. The summed E-state index contributed by atoms with van der Waals surface area (Å²) in [6, 6.07) is 7.75. The standard InChI is InChI=1S/C13H12F2N.CH4/c1-9-7-10(14)8-11(15)13(9)12-5-3-4-6-16(12)2;/h3-8H,1-2H3;1H4/q+1;. The van der Waals surface area contributed by atoms with Crippen LogP contribution in [0.4, 0.5) is 8.78 Å². The van der Waals surface area contributed by atoms with E-state index in [4.69, 9.17) is 0 Å². The predicted molar refractivity (Wildman–Crippen MR) is 64.4 cm³/mol. The van der Waals surface area contributed by atoms with Crippen LogP contribution in [0.1, 0.15) is 13.0 Å². The van der Waals surface area contributed by atoms with Crippen molar-refractivity contribution in [1.82, 2.24) is 0 Å². The Morgan fingerprint density at radius 2 is 1.82 bits per heavy atom. The van der Waals surface area contributed by atoms with Gasteiger partial charge in [-0.2, -0.15) is 0 Å². The molecule has 2 aromatic rings. The second-order valence-electron chi connectivity index (χ2n) is 3.78. The first-order valence-corrected chi connectivity index (χ1v) is 5.00. The molecule has 0 saturated carbocycles. The molecule has 0 amide bonds. The highest BCUT2D eigenvalue weighted by molar-refractivity contribution is 5.61. The Hall–Kier alpha value is -1.77. The highest BCUT2D eigenvalue weighted by atomic mass is 19.1. The van der Waals surface area contributed by atoms with Crippen molar-refractivity contribution < 1.29 is 13.3 Å². The molecule has 17 heavy (non-hydrogen) atoms. The molecular formula is C14H16F2N+. The number of aryl methyl sites for hydroxylation is 2. The van der Waals surface area contributed by atoms with Crippen LogP contribution in [-0.2, 0) is 7.05 Å². The predicted octanol–water partition coefficient (Wildman–Crippen LogP) is 3.40. The van der Waals surface area contributed by atoms with Crippen LogP contribution in [0.5, 0.6) is 0 Å². The molecule has 0 atom stereocenters. The SMILES string of the molecule is C.Cc1cc(F)cc(F)c1-c1cccc[n+]1C. The van der Waals surface area contributed by atoms with Gasteiger partial charge in [-0.25, -0.2) is 13.3 Å². The second-order valence-corrected chi connectivity index (χ2v) is 3.78. The van der Waals surface area contributed by atoms with Gasteiger partial charge in [0.25, 0.3) is 0 Å². The smallest absolute Gasteiger partial charge is 0.207 e. The molecule has 0 saturated heterocycles. The van der Waals surface area contributed by atoms with Crippen molar-refractivity contribution in [2.75, 3.05) is 0 Å². The molecule has 1 nitrogen and oxygen atoms in total. The fourth-order valence-electron chi connectivity index (χ4n) is 1.81. The van der Waals surface area contributed by atoms with Gasteiger partial charge in [-0.1, -0.05) is 7.43 Å². The zero-order valence-electron chi connectivity index (χ0n) is 9.17. The molecule has 90 valence electrons. The number of nitrogens with zero attached hydrogens (tertiary/aromatic N) is 1. The van der Waals surface area contributed by atoms with Gasteiger partial charge in [-0.05, 0) is 24.6 Å². The van der Waals surface area contributed by atoms with Crippen molar-refractivity contribution in [2.45, 2.75) is 14.4 Å². The highest BCUT2D eigenvalue weighted by Crippen LogP contribution is 2.24. The summed E-state index contributed by atoms with van der Waals surface area (Å²) in [5.41, 5.74) is 1.78. The first kappa shape index (κ1) is 13.3. The average Bonchev–Trinajstić information content (AvgIpc) is 2.19. The molecule has 0 unspecified atom stereocenters. The lowest BCUT2D eigenvalue weighted by atomic mass is 10.0. The van der Waals surface area contributed by atoms with Crippen molar-refractivity contribution in [3.63, 3.8) is 0 Å². The van der Waals surface area contributed by atoms with Gasteiger partial charge in [0.15, 0.2) is 6.20 Å². The summed E-state index contributed by atoms with van der Waals surface area (Å²) < 4.78 is 28.5. The molecule has 1 heterocycles. The molecule has 0 bridgehead atoms. The van der Waals surface area contributed by atoms with Gasteiger partial charge in [0, 0.05) is 18.2 Å². The molecule has 0 N–H and O–H groups in total. The maximum atomic E-state index is 13.7. The monoisotopic (exact) mass is 236 g/mol. The van der Waals surface area contributed by atoms with Crippen LogP contribution >= 0.6 is 0 Å². The van der Waals surface area contributed by atoms with Gasteiger partial charge in [-0.15, -0.1) is 0 Å². The third-order valence-corrected chi connectivity index (χ3v) is 2.56. The zero-order valence-corrected chi connectivity index (χ0v) is 9.17. The Balaban J connectivity index is 0.00000144. The van der Waals surface area contributed by atoms with Crippen molar-refractivity contribution >= 4 is 0 Å². The molecule has 0 fully saturated rings. The number of rotatable bonds is 1. The van der Waals surface area contributed by atoms with E-state index in [1.54, 1.807) is 6.92 Å². The molecule has 2 rings (SSSR count). The van der Waals surface area contributed by atoms with Crippen molar-refractivity contribution in [3.8, 4) is 11.3 Å². The number of hydrogen-bond donors (Lipinski definition) is 0. The fraction of sp³-hybridized carbons (Fsp3) is 0.214. The molecule has 0 spiro atoms. The number of pyridine rings is 1. The quantitative estimate of drug-likeness (QED) is 0.668. The van der Waals surface area contributed by atoms with Crippen LogP contribution < -0.4 is 4.57 Å². The summed E-state index contributed by atoms with van der Waals surface area (Å²) >= 11 is 0. The Morgan fingerprint density at radius 3 is 2.41 bits per heavy atom. The molecule has 0 aliphatic heterocycles. The van der Waals surface area contributed by atoms with Crippen LogP contribution in [0.25, 0.3) is 11.3 Å². The summed E-state index contributed by atoms with van der Waals surface area (Å²) in [5, 5.41) is 0. The van der Waals surface area contributed by atoms with Gasteiger partial charge in [0.05, 0.1) is 5.56 Å². The molecule has 1 aromatic heterocycles. The molecule has 0 aliphatic carbocycles.